The number of nitrogens with zero attached hydrogens (tertiary/aromatic N) is 1. The van der Waals surface area contributed by atoms with Crippen molar-refractivity contribution in [2.45, 2.75) is 47.5 Å². The third-order valence-electron chi connectivity index (χ3n) is 2.71. The molecule has 1 rings (SSSR count). The van der Waals surface area contributed by atoms with Gasteiger partial charge in [0.25, 0.3) is 0 Å². The average Bonchev–Trinajstić information content (AvgIpc) is 2.31. The fourth-order valence-electron chi connectivity index (χ4n) is 1.41. The Labute approximate surface area is 115 Å². The number of hydrogen-bond acceptors (Lipinski definition) is 3. The molecule has 4 heteroatoms. The molecule has 4 nitrogen and oxygen atoms in total. The van der Waals surface area contributed by atoms with Crippen LogP contribution in [0.15, 0.2) is 12.3 Å². The first kappa shape index (κ1) is 15.5. The summed E-state index contributed by atoms with van der Waals surface area (Å²) in [6.07, 6.45) is 3.75. The van der Waals surface area contributed by atoms with E-state index in [9.17, 15) is 4.79 Å². The first-order chi connectivity index (χ1) is 8.84. The van der Waals surface area contributed by atoms with Crippen LogP contribution in [0.4, 0.5) is 5.69 Å². The van der Waals surface area contributed by atoms with Gasteiger partial charge in [-0.05, 0) is 19.4 Å². The Morgan fingerprint density at radius 2 is 2.11 bits per heavy atom. The minimum absolute atomic E-state index is 0.0200. The van der Waals surface area contributed by atoms with Gasteiger partial charge >= 0.3 is 0 Å². The van der Waals surface area contributed by atoms with E-state index in [2.05, 4.69) is 17.2 Å². The van der Waals surface area contributed by atoms with Gasteiger partial charge in [0, 0.05) is 11.0 Å². The molecular formula is C15H24N2O2. The lowest BCUT2D eigenvalue weighted by Crippen LogP contribution is -2.27. The van der Waals surface area contributed by atoms with Crippen LogP contribution in [0.3, 0.4) is 0 Å². The minimum Gasteiger partial charge on any atom is -0.477 e. The second kappa shape index (κ2) is 6.55. The highest BCUT2D eigenvalue weighted by molar-refractivity contribution is 5.94. The summed E-state index contributed by atoms with van der Waals surface area (Å²) in [6, 6.07) is 1.89. The largest absolute Gasteiger partial charge is 0.477 e. The molecule has 106 valence electrons. The van der Waals surface area contributed by atoms with Crippen molar-refractivity contribution in [2.75, 3.05) is 11.9 Å². The number of ether oxygens (including phenoxy) is 1. The van der Waals surface area contributed by atoms with Crippen molar-refractivity contribution >= 4 is 11.6 Å². The molecule has 0 fully saturated rings. The monoisotopic (exact) mass is 264 g/mol. The van der Waals surface area contributed by atoms with Crippen LogP contribution in [0.5, 0.6) is 5.88 Å². The Hall–Kier alpha value is -1.58. The molecule has 0 unspecified atom stereocenters. The molecule has 1 amide bonds. The number of unbranched alkanes of at least 4 members (excludes halogenated alkanes) is 1. The van der Waals surface area contributed by atoms with Gasteiger partial charge in [0.1, 0.15) is 0 Å². The van der Waals surface area contributed by atoms with Crippen molar-refractivity contribution in [3.05, 3.63) is 17.8 Å². The van der Waals surface area contributed by atoms with Gasteiger partial charge in [0.2, 0.25) is 11.8 Å². The molecule has 0 aliphatic carbocycles. The lowest BCUT2D eigenvalue weighted by Gasteiger charge is -2.18. The van der Waals surface area contributed by atoms with Crippen molar-refractivity contribution < 1.29 is 9.53 Å². The maximum absolute atomic E-state index is 11.9. The van der Waals surface area contributed by atoms with Crippen LogP contribution < -0.4 is 10.1 Å². The van der Waals surface area contributed by atoms with Gasteiger partial charge in [-0.25, -0.2) is 4.98 Å². The van der Waals surface area contributed by atoms with Crippen LogP contribution in [0, 0.1) is 12.3 Å². The molecule has 1 N–H and O–H groups in total. The molecule has 1 aromatic heterocycles. The molecule has 0 saturated heterocycles. The zero-order chi connectivity index (χ0) is 14.5. The number of aromatic nitrogens is 1. The number of anilines is 1. The number of aryl methyl sites for hydroxylation is 1. The lowest BCUT2D eigenvalue weighted by molar-refractivity contribution is -0.123. The predicted molar refractivity (Wildman–Crippen MR) is 77.5 cm³/mol. The standard InChI is InChI=1S/C15H24N2O2/c1-6-7-8-19-13-11(2)9-12(10-16-13)17-14(18)15(3,4)5/h9-10H,6-8H2,1-5H3,(H,17,18). The lowest BCUT2D eigenvalue weighted by atomic mass is 9.95. The SMILES string of the molecule is CCCCOc1ncc(NC(=O)C(C)(C)C)cc1C. The van der Waals surface area contributed by atoms with Gasteiger partial charge in [-0.15, -0.1) is 0 Å². The molecule has 1 heterocycles. The Balaban J connectivity index is 2.69. The molecule has 0 aliphatic rings. The summed E-state index contributed by atoms with van der Waals surface area (Å²) in [5.41, 5.74) is 1.23. The van der Waals surface area contributed by atoms with Crippen LogP contribution in [-0.4, -0.2) is 17.5 Å². The van der Waals surface area contributed by atoms with Gasteiger partial charge < -0.3 is 10.1 Å². The molecule has 1 aromatic rings. The fraction of sp³-hybridized carbons (Fsp3) is 0.600. The second-order valence-corrected chi connectivity index (χ2v) is 5.75. The van der Waals surface area contributed by atoms with E-state index in [1.165, 1.54) is 0 Å². The van der Waals surface area contributed by atoms with Crippen LogP contribution in [0.2, 0.25) is 0 Å². The van der Waals surface area contributed by atoms with Gasteiger partial charge in [-0.1, -0.05) is 34.1 Å². The predicted octanol–water partition coefficient (Wildman–Crippen LogP) is 3.55. The molecule has 0 aromatic carbocycles. The molecule has 0 spiro atoms. The number of hydrogen-bond donors (Lipinski definition) is 1. The Morgan fingerprint density at radius 1 is 1.42 bits per heavy atom. The zero-order valence-corrected chi connectivity index (χ0v) is 12.5. The first-order valence-corrected chi connectivity index (χ1v) is 6.75. The highest BCUT2D eigenvalue weighted by Crippen LogP contribution is 2.21. The van der Waals surface area contributed by atoms with Crippen molar-refractivity contribution in [3.8, 4) is 5.88 Å². The molecule has 0 saturated carbocycles. The van der Waals surface area contributed by atoms with Crippen LogP contribution in [-0.2, 0) is 4.79 Å². The van der Waals surface area contributed by atoms with Gasteiger partial charge in [0.15, 0.2) is 0 Å². The summed E-state index contributed by atoms with van der Waals surface area (Å²) in [6.45, 7) is 10.4. The van der Waals surface area contributed by atoms with Crippen LogP contribution in [0.25, 0.3) is 0 Å². The topological polar surface area (TPSA) is 51.2 Å². The summed E-state index contributed by atoms with van der Waals surface area (Å²) in [4.78, 5) is 16.1. The maximum Gasteiger partial charge on any atom is 0.229 e. The number of nitrogens with one attached hydrogen (secondary N) is 1. The third-order valence-corrected chi connectivity index (χ3v) is 2.71. The molecule has 0 radical (unpaired) electrons. The normalized spacial score (nSPS) is 11.2. The van der Waals surface area contributed by atoms with E-state index in [1.807, 2.05) is 33.8 Å². The molecule has 0 atom stereocenters. The minimum atomic E-state index is -0.412. The number of carbonyl (C=O) groups excluding carboxylic acids is 1. The summed E-state index contributed by atoms with van der Waals surface area (Å²) < 4.78 is 5.58. The van der Waals surface area contributed by atoms with Gasteiger partial charge in [0.05, 0.1) is 18.5 Å². The third kappa shape index (κ3) is 4.89. The number of amides is 1. The Morgan fingerprint density at radius 3 is 2.63 bits per heavy atom. The average molecular weight is 264 g/mol. The zero-order valence-electron chi connectivity index (χ0n) is 12.5. The summed E-state index contributed by atoms with van der Waals surface area (Å²) >= 11 is 0. The Kier molecular flexibility index (Phi) is 5.33. The summed E-state index contributed by atoms with van der Waals surface area (Å²) in [7, 11) is 0. The first-order valence-electron chi connectivity index (χ1n) is 6.75. The molecule has 0 bridgehead atoms. The van der Waals surface area contributed by atoms with E-state index in [0.29, 0.717) is 18.2 Å². The van der Waals surface area contributed by atoms with E-state index in [-0.39, 0.29) is 5.91 Å². The molecular weight excluding hydrogens is 240 g/mol. The van der Waals surface area contributed by atoms with Crippen molar-refractivity contribution in [1.82, 2.24) is 4.98 Å². The summed E-state index contributed by atoms with van der Waals surface area (Å²) in [5.74, 6) is 0.621. The number of carbonyl (C=O) groups is 1. The highest BCUT2D eigenvalue weighted by atomic mass is 16.5. The molecule has 19 heavy (non-hydrogen) atoms. The highest BCUT2D eigenvalue weighted by Gasteiger charge is 2.21. The van der Waals surface area contributed by atoms with Crippen molar-refractivity contribution in [2.24, 2.45) is 5.41 Å². The van der Waals surface area contributed by atoms with E-state index >= 15 is 0 Å². The van der Waals surface area contributed by atoms with E-state index < -0.39 is 5.41 Å². The van der Waals surface area contributed by atoms with E-state index in [4.69, 9.17) is 4.74 Å². The van der Waals surface area contributed by atoms with Crippen LogP contribution >= 0.6 is 0 Å². The van der Waals surface area contributed by atoms with Crippen molar-refractivity contribution in [1.29, 1.82) is 0 Å². The van der Waals surface area contributed by atoms with E-state index in [0.717, 1.165) is 18.4 Å². The second-order valence-electron chi connectivity index (χ2n) is 5.75. The van der Waals surface area contributed by atoms with Crippen molar-refractivity contribution in [3.63, 3.8) is 0 Å². The molecule has 0 aliphatic heterocycles. The summed E-state index contributed by atoms with van der Waals surface area (Å²) in [5, 5.41) is 2.86. The smallest absolute Gasteiger partial charge is 0.229 e. The fourth-order valence-corrected chi connectivity index (χ4v) is 1.41. The van der Waals surface area contributed by atoms with Gasteiger partial charge in [-0.2, -0.15) is 0 Å². The van der Waals surface area contributed by atoms with E-state index in [1.54, 1.807) is 6.20 Å². The number of rotatable bonds is 5. The van der Waals surface area contributed by atoms with Crippen LogP contribution in [0.1, 0.15) is 46.1 Å². The quantitative estimate of drug-likeness (QED) is 0.827. The number of pyridine rings is 1. The maximum atomic E-state index is 11.9. The van der Waals surface area contributed by atoms with Gasteiger partial charge in [-0.3, -0.25) is 4.79 Å². The Bertz CT molecular complexity index is 436.